The number of fused-ring (bicyclic) bond motifs is 1. The molecule has 3 aromatic rings. The molecular formula is C22H23ClN2O2S. The van der Waals surface area contributed by atoms with E-state index in [0.29, 0.717) is 23.1 Å². The second-order valence-corrected chi connectivity index (χ2v) is 8.80. The van der Waals surface area contributed by atoms with Crippen LogP contribution in [-0.4, -0.2) is 30.1 Å². The van der Waals surface area contributed by atoms with Gasteiger partial charge in [0.2, 0.25) is 5.91 Å². The zero-order valence-corrected chi connectivity index (χ0v) is 17.6. The lowest BCUT2D eigenvalue weighted by Crippen LogP contribution is -2.38. The number of carbonyl (C=O) groups is 1. The fraction of sp³-hybridized carbons (Fsp3) is 0.364. The average Bonchev–Trinajstić information content (AvgIpc) is 3.31. The predicted octanol–water partition coefficient (Wildman–Crippen LogP) is 5.32. The van der Waals surface area contributed by atoms with Crippen molar-refractivity contribution in [2.24, 2.45) is 0 Å². The summed E-state index contributed by atoms with van der Waals surface area (Å²) in [7, 11) is 0. The SMILES string of the molecule is Cc1ccc(C)c(CC(=O)N(CC2CCCO2)c2nc3ccc(Cl)cc3s2)c1. The summed E-state index contributed by atoms with van der Waals surface area (Å²) in [6.45, 7) is 5.40. The number of thiazole rings is 1. The van der Waals surface area contributed by atoms with Gasteiger partial charge in [0.25, 0.3) is 0 Å². The molecule has 1 amide bonds. The van der Waals surface area contributed by atoms with Crippen LogP contribution in [0.3, 0.4) is 0 Å². The molecule has 1 atom stereocenters. The minimum Gasteiger partial charge on any atom is -0.376 e. The van der Waals surface area contributed by atoms with Gasteiger partial charge >= 0.3 is 0 Å². The largest absolute Gasteiger partial charge is 0.376 e. The van der Waals surface area contributed by atoms with Gasteiger partial charge in [-0.1, -0.05) is 46.7 Å². The second kappa shape index (κ2) is 8.19. The van der Waals surface area contributed by atoms with E-state index in [1.165, 1.54) is 11.3 Å². The van der Waals surface area contributed by atoms with Crippen LogP contribution in [0.15, 0.2) is 36.4 Å². The first-order valence-electron chi connectivity index (χ1n) is 9.54. The third-order valence-electron chi connectivity index (χ3n) is 5.13. The van der Waals surface area contributed by atoms with E-state index in [1.54, 1.807) is 4.90 Å². The number of halogens is 1. The Morgan fingerprint density at radius 2 is 2.14 bits per heavy atom. The van der Waals surface area contributed by atoms with Gasteiger partial charge in [0.05, 0.1) is 29.3 Å². The lowest BCUT2D eigenvalue weighted by molar-refractivity contribution is -0.118. The molecule has 1 aliphatic heterocycles. The standard InChI is InChI=1S/C22H23ClN2O2S/c1-14-5-6-15(2)16(10-14)11-21(26)25(13-18-4-3-9-27-18)22-24-19-8-7-17(23)12-20(19)28-22/h5-8,10,12,18H,3-4,9,11,13H2,1-2H3. The summed E-state index contributed by atoms with van der Waals surface area (Å²) < 4.78 is 6.79. The monoisotopic (exact) mass is 414 g/mol. The van der Waals surface area contributed by atoms with Gasteiger partial charge in [0.15, 0.2) is 5.13 Å². The summed E-state index contributed by atoms with van der Waals surface area (Å²) in [6.07, 6.45) is 2.44. The molecule has 2 aromatic carbocycles. The molecule has 0 N–H and O–H groups in total. The second-order valence-electron chi connectivity index (χ2n) is 7.35. The van der Waals surface area contributed by atoms with Gasteiger partial charge in [-0.3, -0.25) is 9.69 Å². The van der Waals surface area contributed by atoms with Crippen molar-refractivity contribution in [2.45, 2.75) is 39.2 Å². The number of hydrogen-bond donors (Lipinski definition) is 0. The Balaban J connectivity index is 1.65. The number of rotatable bonds is 5. The summed E-state index contributed by atoms with van der Waals surface area (Å²) in [4.78, 5) is 19.8. The van der Waals surface area contributed by atoms with Gasteiger partial charge in [-0.05, 0) is 56.0 Å². The van der Waals surface area contributed by atoms with Crippen LogP contribution in [0.2, 0.25) is 5.02 Å². The van der Waals surface area contributed by atoms with Crippen LogP contribution in [0.25, 0.3) is 10.2 Å². The highest BCUT2D eigenvalue weighted by molar-refractivity contribution is 7.22. The Hall–Kier alpha value is -1.95. The zero-order chi connectivity index (χ0) is 19.7. The minimum atomic E-state index is 0.0503. The highest BCUT2D eigenvalue weighted by Gasteiger charge is 2.26. The van der Waals surface area contributed by atoms with Gasteiger partial charge in [0.1, 0.15) is 0 Å². The first kappa shape index (κ1) is 19.4. The van der Waals surface area contributed by atoms with E-state index in [2.05, 4.69) is 25.1 Å². The van der Waals surface area contributed by atoms with Gasteiger partial charge in [-0.15, -0.1) is 0 Å². The molecule has 6 heteroatoms. The quantitative estimate of drug-likeness (QED) is 0.567. The van der Waals surface area contributed by atoms with Crippen molar-refractivity contribution in [3.63, 3.8) is 0 Å². The van der Waals surface area contributed by atoms with Gasteiger partial charge in [-0.2, -0.15) is 0 Å². The van der Waals surface area contributed by atoms with E-state index in [9.17, 15) is 4.79 Å². The number of amides is 1. The Kier molecular flexibility index (Phi) is 5.67. The predicted molar refractivity (Wildman–Crippen MR) is 116 cm³/mol. The van der Waals surface area contributed by atoms with Gasteiger partial charge < -0.3 is 4.74 Å². The minimum absolute atomic E-state index is 0.0503. The van der Waals surface area contributed by atoms with Crippen molar-refractivity contribution in [1.29, 1.82) is 0 Å². The highest BCUT2D eigenvalue weighted by atomic mass is 35.5. The summed E-state index contributed by atoms with van der Waals surface area (Å²) in [5, 5.41) is 1.39. The topological polar surface area (TPSA) is 42.4 Å². The molecule has 1 fully saturated rings. The van der Waals surface area contributed by atoms with Crippen LogP contribution in [0.5, 0.6) is 0 Å². The lowest BCUT2D eigenvalue weighted by Gasteiger charge is -2.23. The number of hydrogen-bond acceptors (Lipinski definition) is 4. The average molecular weight is 415 g/mol. The molecule has 0 aliphatic carbocycles. The molecule has 0 radical (unpaired) electrons. The Morgan fingerprint density at radius 1 is 1.29 bits per heavy atom. The first-order chi connectivity index (χ1) is 13.5. The van der Waals surface area contributed by atoms with Crippen LogP contribution in [0, 0.1) is 13.8 Å². The number of benzene rings is 2. The normalized spacial score (nSPS) is 16.6. The van der Waals surface area contributed by atoms with Crippen molar-refractivity contribution >= 4 is 44.2 Å². The molecule has 0 bridgehead atoms. The van der Waals surface area contributed by atoms with Crippen molar-refractivity contribution < 1.29 is 9.53 Å². The van der Waals surface area contributed by atoms with E-state index in [-0.39, 0.29) is 12.0 Å². The fourth-order valence-electron chi connectivity index (χ4n) is 3.53. The maximum Gasteiger partial charge on any atom is 0.233 e. The van der Waals surface area contributed by atoms with E-state index in [0.717, 1.165) is 46.4 Å². The number of aryl methyl sites for hydroxylation is 2. The lowest BCUT2D eigenvalue weighted by atomic mass is 10.0. The van der Waals surface area contributed by atoms with Gasteiger partial charge in [-0.25, -0.2) is 4.98 Å². The summed E-state index contributed by atoms with van der Waals surface area (Å²) in [5.41, 5.74) is 4.22. The smallest absolute Gasteiger partial charge is 0.233 e. The number of nitrogens with zero attached hydrogens (tertiary/aromatic N) is 2. The zero-order valence-electron chi connectivity index (χ0n) is 16.1. The van der Waals surface area contributed by atoms with Crippen LogP contribution in [0.4, 0.5) is 5.13 Å². The number of ether oxygens (including phenoxy) is 1. The third kappa shape index (κ3) is 4.22. The van der Waals surface area contributed by atoms with Crippen LogP contribution in [-0.2, 0) is 16.0 Å². The van der Waals surface area contributed by atoms with Crippen molar-refractivity contribution in [1.82, 2.24) is 4.98 Å². The maximum atomic E-state index is 13.3. The molecule has 2 heterocycles. The molecule has 1 saturated heterocycles. The molecule has 1 aliphatic rings. The summed E-state index contributed by atoms with van der Waals surface area (Å²) in [5.74, 6) is 0.0503. The molecule has 1 aromatic heterocycles. The van der Waals surface area contributed by atoms with E-state index in [1.807, 2.05) is 25.1 Å². The molecule has 4 rings (SSSR count). The van der Waals surface area contributed by atoms with Crippen LogP contribution >= 0.6 is 22.9 Å². The molecule has 0 spiro atoms. The molecule has 0 saturated carbocycles. The Bertz CT molecular complexity index is 1010. The van der Waals surface area contributed by atoms with E-state index in [4.69, 9.17) is 21.3 Å². The highest BCUT2D eigenvalue weighted by Crippen LogP contribution is 2.32. The summed E-state index contributed by atoms with van der Waals surface area (Å²) in [6, 6.07) is 11.9. The van der Waals surface area contributed by atoms with Crippen LogP contribution in [0.1, 0.15) is 29.5 Å². The maximum absolute atomic E-state index is 13.3. The molecular weight excluding hydrogens is 392 g/mol. The molecule has 4 nitrogen and oxygen atoms in total. The van der Waals surface area contributed by atoms with E-state index < -0.39 is 0 Å². The van der Waals surface area contributed by atoms with Crippen molar-refractivity contribution in [2.75, 3.05) is 18.1 Å². The first-order valence-corrected chi connectivity index (χ1v) is 10.7. The Morgan fingerprint density at radius 3 is 2.93 bits per heavy atom. The summed E-state index contributed by atoms with van der Waals surface area (Å²) >= 11 is 7.63. The van der Waals surface area contributed by atoms with Crippen molar-refractivity contribution in [3.8, 4) is 0 Å². The molecule has 146 valence electrons. The number of anilines is 1. The Labute approximate surface area is 174 Å². The third-order valence-corrected chi connectivity index (χ3v) is 6.40. The van der Waals surface area contributed by atoms with Crippen molar-refractivity contribution in [3.05, 3.63) is 58.1 Å². The van der Waals surface area contributed by atoms with E-state index >= 15 is 0 Å². The molecule has 28 heavy (non-hydrogen) atoms. The number of carbonyl (C=O) groups excluding carboxylic acids is 1. The fourth-order valence-corrected chi connectivity index (χ4v) is 4.80. The van der Waals surface area contributed by atoms with Crippen LogP contribution < -0.4 is 4.90 Å². The molecule has 1 unspecified atom stereocenters. The number of aromatic nitrogens is 1. The van der Waals surface area contributed by atoms with Gasteiger partial charge in [0, 0.05) is 11.6 Å².